The molecule has 140 valence electrons. The zero-order chi connectivity index (χ0) is 17.9. The topological polar surface area (TPSA) is 92.1 Å². The minimum absolute atomic E-state index is 0.00449. The van der Waals surface area contributed by atoms with Crippen LogP contribution >= 0.6 is 0 Å². The van der Waals surface area contributed by atoms with Crippen molar-refractivity contribution in [1.82, 2.24) is 15.1 Å². The lowest BCUT2D eigenvalue weighted by Gasteiger charge is -2.57. The molecule has 6 rings (SSSR count). The largest absolute Gasteiger partial charge is 0.364 e. The van der Waals surface area contributed by atoms with Crippen molar-refractivity contribution in [3.8, 4) is 0 Å². The third-order valence-corrected chi connectivity index (χ3v) is 7.46. The van der Waals surface area contributed by atoms with Crippen LogP contribution in [0.15, 0.2) is 6.07 Å². The van der Waals surface area contributed by atoms with E-state index in [4.69, 9.17) is 5.73 Å². The molecule has 4 saturated carbocycles. The van der Waals surface area contributed by atoms with Crippen molar-refractivity contribution in [1.29, 1.82) is 0 Å². The minimum Gasteiger partial charge on any atom is -0.364 e. The lowest BCUT2D eigenvalue weighted by molar-refractivity contribution is -0.161. The summed E-state index contributed by atoms with van der Waals surface area (Å²) in [5.74, 6) is 2.14. The van der Waals surface area contributed by atoms with Crippen molar-refractivity contribution in [2.24, 2.45) is 28.9 Å². The van der Waals surface area contributed by atoms with E-state index in [9.17, 15) is 9.59 Å². The Morgan fingerprint density at radius 1 is 1.12 bits per heavy atom. The van der Waals surface area contributed by atoms with Crippen LogP contribution in [0.5, 0.6) is 0 Å². The summed E-state index contributed by atoms with van der Waals surface area (Å²) in [6, 6.07) is 1.74. The first-order valence-electron chi connectivity index (χ1n) is 10.2. The third kappa shape index (κ3) is 2.48. The van der Waals surface area contributed by atoms with Gasteiger partial charge in [-0.05, 0) is 81.6 Å². The number of rotatable bonds is 3. The molecule has 2 amide bonds. The zero-order valence-electron chi connectivity index (χ0n) is 15.2. The molecule has 1 aliphatic heterocycles. The fraction of sp³-hybridized carbons (Fsp3) is 0.750. The number of amides is 2. The molecule has 1 atom stereocenters. The van der Waals surface area contributed by atoms with E-state index >= 15 is 0 Å². The van der Waals surface area contributed by atoms with Gasteiger partial charge >= 0.3 is 0 Å². The molecule has 1 aromatic heterocycles. The Kier molecular flexibility index (Phi) is 3.66. The molecule has 4 aliphatic carbocycles. The van der Waals surface area contributed by atoms with Gasteiger partial charge in [0.2, 0.25) is 5.91 Å². The third-order valence-electron chi connectivity index (χ3n) is 7.46. The molecule has 1 saturated heterocycles. The second-order valence-corrected chi connectivity index (χ2v) is 9.28. The van der Waals surface area contributed by atoms with E-state index in [2.05, 4.69) is 15.1 Å². The number of carbonyl (C=O) groups excluding carboxylic acids is 2. The Morgan fingerprint density at radius 3 is 2.35 bits per heavy atom. The summed E-state index contributed by atoms with van der Waals surface area (Å²) in [5.41, 5.74) is 6.35. The van der Waals surface area contributed by atoms with E-state index in [1.807, 2.05) is 0 Å². The normalized spacial score (nSPS) is 38.5. The summed E-state index contributed by atoms with van der Waals surface area (Å²) in [6.07, 6.45) is 10.4. The number of nitrogens with one attached hydrogen (secondary N) is 1. The van der Waals surface area contributed by atoms with Gasteiger partial charge in [0.1, 0.15) is 5.69 Å². The smallest absolute Gasteiger partial charge is 0.269 e. The Morgan fingerprint density at radius 2 is 1.77 bits per heavy atom. The molecule has 6 nitrogen and oxygen atoms in total. The summed E-state index contributed by atoms with van der Waals surface area (Å²) >= 11 is 0. The summed E-state index contributed by atoms with van der Waals surface area (Å²) in [5, 5.41) is 7.01. The van der Waals surface area contributed by atoms with Gasteiger partial charge in [0.25, 0.3) is 5.91 Å². The highest BCUT2D eigenvalue weighted by molar-refractivity contribution is 5.90. The molecule has 5 fully saturated rings. The van der Waals surface area contributed by atoms with Crippen molar-refractivity contribution in [3.05, 3.63) is 17.5 Å². The zero-order valence-corrected chi connectivity index (χ0v) is 15.2. The Labute approximate surface area is 153 Å². The van der Waals surface area contributed by atoms with Crippen molar-refractivity contribution in [2.75, 3.05) is 6.54 Å². The molecular formula is C20H28N4O2. The Hall–Kier alpha value is -1.85. The van der Waals surface area contributed by atoms with Gasteiger partial charge in [-0.15, -0.1) is 0 Å². The van der Waals surface area contributed by atoms with Crippen LogP contribution in [0.2, 0.25) is 0 Å². The standard InChI is InChI=1S/C20H28N4O2/c21-18(25)16-8-15(22-23-16)17-3-1-2-4-24(17)19(26)20-9-12-5-13(10-20)7-14(6-12)11-20/h8,12-14,17H,1-7,9-11H2,(H2,21,25)(H,22,23). The van der Waals surface area contributed by atoms with Crippen LogP contribution in [0.3, 0.4) is 0 Å². The average Bonchev–Trinajstić information content (AvgIpc) is 3.10. The van der Waals surface area contributed by atoms with Crippen molar-refractivity contribution >= 4 is 11.8 Å². The fourth-order valence-corrected chi connectivity index (χ4v) is 6.81. The van der Waals surface area contributed by atoms with Gasteiger partial charge in [-0.3, -0.25) is 14.7 Å². The van der Waals surface area contributed by atoms with E-state index in [0.717, 1.165) is 68.5 Å². The van der Waals surface area contributed by atoms with Crippen LogP contribution in [-0.4, -0.2) is 33.5 Å². The number of H-pyrrole nitrogens is 1. The highest BCUT2D eigenvalue weighted by Gasteiger charge is 2.56. The lowest BCUT2D eigenvalue weighted by Crippen LogP contribution is -2.55. The number of nitrogens with two attached hydrogens (primary N) is 1. The predicted octanol–water partition coefficient (Wildman–Crippen LogP) is 2.78. The number of carbonyl (C=O) groups is 2. The van der Waals surface area contributed by atoms with Crippen LogP contribution in [0.25, 0.3) is 0 Å². The van der Waals surface area contributed by atoms with E-state index in [1.54, 1.807) is 6.07 Å². The van der Waals surface area contributed by atoms with E-state index < -0.39 is 5.91 Å². The van der Waals surface area contributed by atoms with Gasteiger partial charge in [0, 0.05) is 6.54 Å². The molecule has 0 aromatic carbocycles. The van der Waals surface area contributed by atoms with E-state index in [-0.39, 0.29) is 17.2 Å². The first-order chi connectivity index (χ1) is 12.5. The van der Waals surface area contributed by atoms with Crippen molar-refractivity contribution in [2.45, 2.75) is 63.8 Å². The maximum absolute atomic E-state index is 13.8. The van der Waals surface area contributed by atoms with Gasteiger partial charge in [0.05, 0.1) is 17.2 Å². The minimum atomic E-state index is -0.526. The van der Waals surface area contributed by atoms with Crippen LogP contribution in [0.4, 0.5) is 0 Å². The average molecular weight is 356 g/mol. The number of aromatic amines is 1. The van der Waals surface area contributed by atoms with Gasteiger partial charge in [0.15, 0.2) is 0 Å². The number of primary amides is 1. The predicted molar refractivity (Wildman–Crippen MR) is 96.0 cm³/mol. The summed E-state index contributed by atoms with van der Waals surface area (Å²) in [4.78, 5) is 27.3. The molecule has 4 bridgehead atoms. The summed E-state index contributed by atoms with van der Waals surface area (Å²) in [7, 11) is 0. The number of nitrogens with zero attached hydrogens (tertiary/aromatic N) is 2. The van der Waals surface area contributed by atoms with Crippen molar-refractivity contribution < 1.29 is 9.59 Å². The first-order valence-corrected chi connectivity index (χ1v) is 10.2. The van der Waals surface area contributed by atoms with Crippen LogP contribution in [0.1, 0.15) is 80.0 Å². The molecule has 0 radical (unpaired) electrons. The van der Waals surface area contributed by atoms with Crippen molar-refractivity contribution in [3.63, 3.8) is 0 Å². The molecule has 26 heavy (non-hydrogen) atoms. The van der Waals surface area contributed by atoms with Gasteiger partial charge in [-0.2, -0.15) is 5.10 Å². The number of likely N-dealkylation sites (tertiary alicyclic amines) is 1. The number of aromatic nitrogens is 2. The van der Waals surface area contributed by atoms with Crippen LogP contribution in [-0.2, 0) is 4.79 Å². The second-order valence-electron chi connectivity index (χ2n) is 9.28. The summed E-state index contributed by atoms with van der Waals surface area (Å²) in [6.45, 7) is 0.816. The van der Waals surface area contributed by atoms with Gasteiger partial charge < -0.3 is 10.6 Å². The van der Waals surface area contributed by atoms with Crippen LogP contribution in [0, 0.1) is 23.2 Å². The Balaban J connectivity index is 1.43. The Bertz CT molecular complexity index is 705. The molecular weight excluding hydrogens is 328 g/mol. The molecule has 5 aliphatic rings. The molecule has 3 N–H and O–H groups in total. The van der Waals surface area contributed by atoms with E-state index in [1.165, 1.54) is 19.3 Å². The number of piperidine rings is 1. The SMILES string of the molecule is NC(=O)c1cc(C2CCCCN2C(=O)C23CC4CC(CC(C4)C2)C3)[nH]n1. The lowest BCUT2D eigenvalue weighted by atomic mass is 9.49. The number of hydrogen-bond acceptors (Lipinski definition) is 3. The maximum atomic E-state index is 13.8. The molecule has 0 spiro atoms. The van der Waals surface area contributed by atoms with Gasteiger partial charge in [-0.25, -0.2) is 0 Å². The molecule has 1 unspecified atom stereocenters. The molecule has 1 aromatic rings. The quantitative estimate of drug-likeness (QED) is 0.872. The highest BCUT2D eigenvalue weighted by Crippen LogP contribution is 2.61. The second kappa shape index (κ2) is 5.83. The molecule has 6 heteroatoms. The van der Waals surface area contributed by atoms with E-state index in [0.29, 0.717) is 5.91 Å². The first kappa shape index (κ1) is 16.3. The highest BCUT2D eigenvalue weighted by atomic mass is 16.2. The molecule has 2 heterocycles. The number of hydrogen-bond donors (Lipinski definition) is 2. The fourth-order valence-electron chi connectivity index (χ4n) is 6.81. The maximum Gasteiger partial charge on any atom is 0.269 e. The van der Waals surface area contributed by atoms with Crippen LogP contribution < -0.4 is 5.73 Å². The monoisotopic (exact) mass is 356 g/mol. The summed E-state index contributed by atoms with van der Waals surface area (Å²) < 4.78 is 0. The van der Waals surface area contributed by atoms with Gasteiger partial charge in [-0.1, -0.05) is 0 Å².